The Balaban J connectivity index is 2.64. The molecule has 20 heavy (non-hydrogen) atoms. The molecule has 0 aliphatic carbocycles. The van der Waals surface area contributed by atoms with Crippen LogP contribution in [-0.2, 0) is 6.42 Å². The number of benzene rings is 1. The fourth-order valence-electron chi connectivity index (χ4n) is 2.45. The first-order valence-corrected chi connectivity index (χ1v) is 8.52. The van der Waals surface area contributed by atoms with Gasteiger partial charge in [-0.25, -0.2) is 9.37 Å². The third-order valence-corrected chi connectivity index (χ3v) is 5.01. The van der Waals surface area contributed by atoms with E-state index in [4.69, 9.17) is 11.6 Å². The van der Waals surface area contributed by atoms with Crippen molar-refractivity contribution in [2.75, 3.05) is 5.88 Å². The van der Waals surface area contributed by atoms with Crippen molar-refractivity contribution < 1.29 is 4.39 Å². The summed E-state index contributed by atoms with van der Waals surface area (Å²) >= 11 is 7.89. The van der Waals surface area contributed by atoms with Crippen molar-refractivity contribution in [3.05, 3.63) is 27.3 Å². The van der Waals surface area contributed by atoms with Crippen LogP contribution in [-0.4, -0.2) is 15.4 Å². The quantitative estimate of drug-likeness (QED) is 0.493. The highest BCUT2D eigenvalue weighted by Gasteiger charge is 2.20. The summed E-state index contributed by atoms with van der Waals surface area (Å²) in [7, 11) is 0. The smallest absolute Gasteiger partial charge is 0.138 e. The molecule has 1 aromatic heterocycles. The Kier molecular flexibility index (Phi) is 5.29. The minimum absolute atomic E-state index is 0.187. The second-order valence-corrected chi connectivity index (χ2v) is 6.76. The molecule has 0 amide bonds. The first-order chi connectivity index (χ1) is 9.49. The summed E-state index contributed by atoms with van der Waals surface area (Å²) in [4.78, 5) is 4.65. The second-order valence-electron chi connectivity index (χ2n) is 5.22. The van der Waals surface area contributed by atoms with Gasteiger partial charge in [-0.05, 0) is 41.5 Å². The van der Waals surface area contributed by atoms with Gasteiger partial charge < -0.3 is 4.57 Å². The minimum Gasteiger partial charge on any atom is -0.325 e. The van der Waals surface area contributed by atoms with Crippen molar-refractivity contribution in [3.8, 4) is 0 Å². The highest BCUT2D eigenvalue weighted by molar-refractivity contribution is 14.1. The molecule has 0 radical (unpaired) electrons. The molecule has 110 valence electrons. The SMILES string of the molecule is CCC(C)C(C)n1c(CCCl)nc2cc(I)c(F)cc21. The van der Waals surface area contributed by atoms with Crippen LogP contribution >= 0.6 is 34.2 Å². The van der Waals surface area contributed by atoms with Gasteiger partial charge in [0.15, 0.2) is 0 Å². The molecule has 2 rings (SSSR count). The van der Waals surface area contributed by atoms with Crippen LogP contribution in [0.3, 0.4) is 0 Å². The molecule has 0 saturated heterocycles. The Bertz CT molecular complexity index is 611. The number of nitrogens with zero attached hydrogens (tertiary/aromatic N) is 2. The summed E-state index contributed by atoms with van der Waals surface area (Å²) in [6.45, 7) is 6.55. The minimum atomic E-state index is -0.187. The van der Waals surface area contributed by atoms with Gasteiger partial charge in [0.05, 0.1) is 14.6 Å². The van der Waals surface area contributed by atoms with Crippen molar-refractivity contribution in [1.29, 1.82) is 0 Å². The van der Waals surface area contributed by atoms with Crippen LogP contribution in [0.25, 0.3) is 11.0 Å². The molecular formula is C15H19ClFIN2. The monoisotopic (exact) mass is 408 g/mol. The number of aromatic nitrogens is 2. The largest absolute Gasteiger partial charge is 0.325 e. The number of imidazole rings is 1. The molecule has 2 unspecified atom stereocenters. The molecule has 0 bridgehead atoms. The number of fused-ring (bicyclic) bond motifs is 1. The third kappa shape index (κ3) is 2.96. The summed E-state index contributed by atoms with van der Waals surface area (Å²) < 4.78 is 16.7. The Morgan fingerprint density at radius 3 is 2.70 bits per heavy atom. The topological polar surface area (TPSA) is 17.8 Å². The number of rotatable bonds is 5. The van der Waals surface area contributed by atoms with E-state index in [9.17, 15) is 4.39 Å². The molecule has 0 fully saturated rings. The zero-order valence-corrected chi connectivity index (χ0v) is 14.9. The summed E-state index contributed by atoms with van der Waals surface area (Å²) in [6, 6.07) is 3.69. The summed E-state index contributed by atoms with van der Waals surface area (Å²) in [5.74, 6) is 1.79. The molecule has 2 aromatic rings. The van der Waals surface area contributed by atoms with E-state index in [0.717, 1.165) is 23.3 Å². The summed E-state index contributed by atoms with van der Waals surface area (Å²) in [5, 5.41) is 0. The first-order valence-electron chi connectivity index (χ1n) is 6.91. The number of hydrogen-bond acceptors (Lipinski definition) is 1. The Morgan fingerprint density at radius 1 is 1.40 bits per heavy atom. The summed E-state index contributed by atoms with van der Waals surface area (Å²) in [6.07, 6.45) is 1.78. The van der Waals surface area contributed by atoms with Crippen molar-refractivity contribution >= 4 is 45.2 Å². The second kappa shape index (κ2) is 6.60. The maximum atomic E-state index is 13.9. The number of alkyl halides is 1. The van der Waals surface area contributed by atoms with E-state index >= 15 is 0 Å². The molecule has 5 heteroatoms. The molecule has 0 aliphatic rings. The van der Waals surface area contributed by atoms with Crippen molar-refractivity contribution in [2.24, 2.45) is 5.92 Å². The van der Waals surface area contributed by atoms with Gasteiger partial charge in [0.1, 0.15) is 11.6 Å². The van der Waals surface area contributed by atoms with Crippen LogP contribution < -0.4 is 0 Å². The van der Waals surface area contributed by atoms with Crippen LogP contribution in [0, 0.1) is 15.3 Å². The third-order valence-electron chi connectivity index (χ3n) is 4.00. The van der Waals surface area contributed by atoms with Gasteiger partial charge in [0.25, 0.3) is 0 Å². The van der Waals surface area contributed by atoms with E-state index in [1.165, 1.54) is 0 Å². The van der Waals surface area contributed by atoms with E-state index in [1.54, 1.807) is 6.07 Å². The lowest BCUT2D eigenvalue weighted by atomic mass is 10.0. The summed E-state index contributed by atoms with van der Waals surface area (Å²) in [5.41, 5.74) is 1.72. The van der Waals surface area contributed by atoms with Gasteiger partial charge in [-0.1, -0.05) is 20.3 Å². The maximum absolute atomic E-state index is 13.9. The fraction of sp³-hybridized carbons (Fsp3) is 0.533. The lowest BCUT2D eigenvalue weighted by molar-refractivity contribution is 0.369. The van der Waals surface area contributed by atoms with Crippen molar-refractivity contribution in [1.82, 2.24) is 9.55 Å². The normalized spacial score (nSPS) is 14.7. The standard InChI is InChI=1S/C15H19ClFIN2/c1-4-9(2)10(3)20-14-7-11(17)12(18)8-13(14)19-15(20)5-6-16/h7-10H,4-6H2,1-3H3. The molecule has 0 aliphatic heterocycles. The Hall–Kier alpha value is -0.360. The van der Waals surface area contributed by atoms with E-state index < -0.39 is 0 Å². The van der Waals surface area contributed by atoms with Crippen LogP contribution in [0.1, 0.15) is 39.1 Å². The molecule has 2 atom stereocenters. The van der Waals surface area contributed by atoms with Gasteiger partial charge in [-0.15, -0.1) is 11.6 Å². The van der Waals surface area contributed by atoms with Gasteiger partial charge in [-0.2, -0.15) is 0 Å². The average Bonchev–Trinajstić information content (AvgIpc) is 2.75. The zero-order chi connectivity index (χ0) is 14.9. The molecule has 0 spiro atoms. The molecule has 2 nitrogen and oxygen atoms in total. The number of aryl methyl sites for hydroxylation is 1. The van der Waals surface area contributed by atoms with Crippen LogP contribution in [0.15, 0.2) is 12.1 Å². The Labute approximate surface area is 137 Å². The van der Waals surface area contributed by atoms with E-state index in [1.807, 2.05) is 28.7 Å². The van der Waals surface area contributed by atoms with Gasteiger partial charge in [0.2, 0.25) is 0 Å². The molecule has 1 aromatic carbocycles. The number of hydrogen-bond donors (Lipinski definition) is 0. The van der Waals surface area contributed by atoms with E-state index in [-0.39, 0.29) is 11.9 Å². The van der Waals surface area contributed by atoms with Gasteiger partial charge >= 0.3 is 0 Å². The van der Waals surface area contributed by atoms with Crippen LogP contribution in [0.5, 0.6) is 0 Å². The average molecular weight is 409 g/mol. The molecule has 1 heterocycles. The van der Waals surface area contributed by atoms with E-state index in [0.29, 0.717) is 21.8 Å². The lowest BCUT2D eigenvalue weighted by Crippen LogP contribution is -2.16. The molecular weight excluding hydrogens is 390 g/mol. The van der Waals surface area contributed by atoms with Crippen molar-refractivity contribution in [3.63, 3.8) is 0 Å². The van der Waals surface area contributed by atoms with E-state index in [2.05, 4.69) is 30.3 Å². The predicted octanol–water partition coefficient (Wildman–Crippen LogP) is 5.17. The fourth-order valence-corrected chi connectivity index (χ4v) is 3.07. The lowest BCUT2D eigenvalue weighted by Gasteiger charge is -2.23. The van der Waals surface area contributed by atoms with Crippen molar-refractivity contribution in [2.45, 2.75) is 39.7 Å². The first kappa shape index (κ1) is 16.0. The van der Waals surface area contributed by atoms with Gasteiger partial charge in [-0.3, -0.25) is 0 Å². The zero-order valence-electron chi connectivity index (χ0n) is 12.0. The highest BCUT2D eigenvalue weighted by atomic mass is 127. The van der Waals surface area contributed by atoms with Gasteiger partial charge in [0, 0.05) is 24.4 Å². The van der Waals surface area contributed by atoms with Crippen LogP contribution in [0.4, 0.5) is 4.39 Å². The number of halogens is 3. The highest BCUT2D eigenvalue weighted by Crippen LogP contribution is 2.29. The predicted molar refractivity (Wildman–Crippen MR) is 91.0 cm³/mol. The Morgan fingerprint density at radius 2 is 2.10 bits per heavy atom. The molecule has 0 N–H and O–H groups in total. The molecule has 0 saturated carbocycles. The van der Waals surface area contributed by atoms with Crippen LogP contribution in [0.2, 0.25) is 0 Å². The maximum Gasteiger partial charge on any atom is 0.138 e.